The van der Waals surface area contributed by atoms with Crippen LogP contribution < -0.4 is 5.32 Å². The molecule has 1 heterocycles. The van der Waals surface area contributed by atoms with Crippen molar-refractivity contribution in [3.8, 4) is 0 Å². The zero-order valence-electron chi connectivity index (χ0n) is 8.32. The lowest BCUT2D eigenvalue weighted by Crippen LogP contribution is -2.43. The number of nitrogens with one attached hydrogen (secondary N) is 1. The zero-order valence-corrected chi connectivity index (χ0v) is 9.14. The van der Waals surface area contributed by atoms with E-state index in [9.17, 15) is 19.7 Å². The average molecular weight is 260 g/mol. The van der Waals surface area contributed by atoms with Crippen LogP contribution in [0.15, 0.2) is 12.1 Å². The number of aliphatic hydroxyl groups is 1. The Morgan fingerprint density at radius 1 is 1.53 bits per heavy atom. The van der Waals surface area contributed by atoms with Gasteiger partial charge in [0.15, 0.2) is 6.04 Å². The van der Waals surface area contributed by atoms with E-state index in [1.165, 1.54) is 6.07 Å². The van der Waals surface area contributed by atoms with Crippen molar-refractivity contribution in [2.24, 2.45) is 0 Å². The first-order chi connectivity index (χ1) is 7.95. The van der Waals surface area contributed by atoms with Crippen molar-refractivity contribution < 1.29 is 24.7 Å². The van der Waals surface area contributed by atoms with Crippen molar-refractivity contribution >= 4 is 28.2 Å². The zero-order chi connectivity index (χ0) is 13.0. The summed E-state index contributed by atoms with van der Waals surface area (Å²) in [5, 5.41) is 29.5. The minimum Gasteiger partial charge on any atom is -0.480 e. The van der Waals surface area contributed by atoms with E-state index in [4.69, 9.17) is 10.2 Å². The molecule has 0 aromatic carbocycles. The number of nitrogens with zero attached hydrogens (tertiary/aromatic N) is 1. The third-order valence-corrected chi connectivity index (χ3v) is 2.82. The van der Waals surface area contributed by atoms with Gasteiger partial charge in [0.25, 0.3) is 5.91 Å². The van der Waals surface area contributed by atoms with Gasteiger partial charge in [-0.05, 0) is 6.07 Å². The molecule has 1 atom stereocenters. The summed E-state index contributed by atoms with van der Waals surface area (Å²) in [5.41, 5.74) is 0. The Morgan fingerprint density at radius 2 is 2.18 bits per heavy atom. The minimum absolute atomic E-state index is 0.0106. The lowest BCUT2D eigenvalue weighted by Gasteiger charge is -2.09. The Labute approximate surface area is 98.6 Å². The molecule has 3 N–H and O–H groups in total. The molecular weight excluding hydrogens is 252 g/mol. The molecule has 0 aliphatic heterocycles. The number of aliphatic carboxylic acids is 1. The molecule has 92 valence electrons. The topological polar surface area (TPSA) is 130 Å². The van der Waals surface area contributed by atoms with Gasteiger partial charge in [-0.15, -0.1) is 0 Å². The lowest BCUT2D eigenvalue weighted by atomic mass is 10.3. The quantitative estimate of drug-likeness (QED) is 0.497. The number of carboxylic acid groups (broad SMARTS) is 1. The highest BCUT2D eigenvalue weighted by atomic mass is 32.1. The van der Waals surface area contributed by atoms with Crippen molar-refractivity contribution in [1.82, 2.24) is 5.32 Å². The first-order valence-corrected chi connectivity index (χ1v) is 5.16. The number of hydrogen-bond acceptors (Lipinski definition) is 6. The number of carbonyl (C=O) groups is 2. The van der Waals surface area contributed by atoms with Gasteiger partial charge in [0.2, 0.25) is 0 Å². The number of thiophene rings is 1. The van der Waals surface area contributed by atoms with Crippen LogP contribution in [-0.2, 0) is 4.79 Å². The second-order valence-corrected chi connectivity index (χ2v) is 4.00. The van der Waals surface area contributed by atoms with Crippen LogP contribution in [0.1, 0.15) is 9.67 Å². The summed E-state index contributed by atoms with van der Waals surface area (Å²) in [6.45, 7) is -0.755. The van der Waals surface area contributed by atoms with Crippen LogP contribution in [0.4, 0.5) is 5.00 Å². The fraction of sp³-hybridized carbons (Fsp3) is 0.250. The molecule has 0 fully saturated rings. The Balaban J connectivity index is 2.75. The highest BCUT2D eigenvalue weighted by Gasteiger charge is 2.22. The standard InChI is InChI=1S/C8H8N2O6S/c11-3-4(8(13)14)9-7(12)5-1-2-6(17-5)10(15)16/h1-2,4,11H,3H2,(H,9,12)(H,13,14)/t4-/m0/s1. The van der Waals surface area contributed by atoms with Crippen LogP contribution >= 0.6 is 11.3 Å². The van der Waals surface area contributed by atoms with Gasteiger partial charge in [0.05, 0.1) is 16.4 Å². The summed E-state index contributed by atoms with van der Waals surface area (Å²) >= 11 is 0.628. The molecule has 8 nitrogen and oxygen atoms in total. The van der Waals surface area contributed by atoms with Crippen molar-refractivity contribution in [1.29, 1.82) is 0 Å². The Morgan fingerprint density at radius 3 is 2.59 bits per heavy atom. The van der Waals surface area contributed by atoms with E-state index in [2.05, 4.69) is 0 Å². The minimum atomic E-state index is -1.43. The molecule has 1 rings (SSSR count). The molecule has 0 saturated carbocycles. The molecule has 0 radical (unpaired) electrons. The first kappa shape index (κ1) is 13.1. The summed E-state index contributed by atoms with van der Waals surface area (Å²) in [6, 6.07) is 0.937. The highest BCUT2D eigenvalue weighted by Crippen LogP contribution is 2.23. The Hall–Kier alpha value is -2.00. The van der Waals surface area contributed by atoms with E-state index < -0.39 is 29.4 Å². The smallest absolute Gasteiger partial charge is 0.328 e. The molecule has 17 heavy (non-hydrogen) atoms. The molecule has 1 aromatic heterocycles. The van der Waals surface area contributed by atoms with Crippen molar-refractivity contribution in [3.63, 3.8) is 0 Å². The predicted molar refractivity (Wildman–Crippen MR) is 56.9 cm³/mol. The maximum Gasteiger partial charge on any atom is 0.328 e. The summed E-state index contributed by atoms with van der Waals surface area (Å²) in [6.07, 6.45) is 0. The van der Waals surface area contributed by atoms with E-state index in [1.54, 1.807) is 0 Å². The first-order valence-electron chi connectivity index (χ1n) is 4.34. The van der Waals surface area contributed by atoms with Crippen LogP contribution in [-0.4, -0.2) is 39.7 Å². The number of rotatable bonds is 5. The Bertz CT molecular complexity index is 457. The number of nitro groups is 1. The summed E-state index contributed by atoms with van der Waals surface area (Å²) < 4.78 is 0. The number of carboxylic acids is 1. The van der Waals surface area contributed by atoms with Crippen LogP contribution in [0.3, 0.4) is 0 Å². The molecule has 9 heteroatoms. The van der Waals surface area contributed by atoms with E-state index in [0.29, 0.717) is 11.3 Å². The third-order valence-electron chi connectivity index (χ3n) is 1.78. The Kier molecular flexibility index (Phi) is 4.12. The van der Waals surface area contributed by atoms with Gasteiger partial charge >= 0.3 is 11.0 Å². The van der Waals surface area contributed by atoms with Gasteiger partial charge in [0.1, 0.15) is 0 Å². The monoisotopic (exact) mass is 260 g/mol. The van der Waals surface area contributed by atoms with Gasteiger partial charge in [0, 0.05) is 6.07 Å². The molecule has 0 aliphatic carbocycles. The molecule has 0 unspecified atom stereocenters. The SMILES string of the molecule is O=C(N[C@@H](CO)C(=O)O)c1ccc([N+](=O)[O-])s1. The van der Waals surface area contributed by atoms with Crippen LogP contribution in [0, 0.1) is 10.1 Å². The lowest BCUT2D eigenvalue weighted by molar-refractivity contribution is -0.380. The molecule has 1 aromatic rings. The largest absolute Gasteiger partial charge is 0.480 e. The van der Waals surface area contributed by atoms with Crippen LogP contribution in [0.25, 0.3) is 0 Å². The van der Waals surface area contributed by atoms with Gasteiger partial charge in [-0.2, -0.15) is 0 Å². The van der Waals surface area contributed by atoms with E-state index in [1.807, 2.05) is 5.32 Å². The molecule has 0 saturated heterocycles. The number of aliphatic hydroxyl groups excluding tert-OH is 1. The third kappa shape index (κ3) is 3.23. The number of amides is 1. The maximum absolute atomic E-state index is 11.5. The van der Waals surface area contributed by atoms with Gasteiger partial charge < -0.3 is 15.5 Å². The van der Waals surface area contributed by atoms with Crippen molar-refractivity contribution in [2.45, 2.75) is 6.04 Å². The predicted octanol–water partition coefficient (Wildman–Crippen LogP) is -0.168. The van der Waals surface area contributed by atoms with E-state index >= 15 is 0 Å². The highest BCUT2D eigenvalue weighted by molar-refractivity contribution is 7.17. The van der Waals surface area contributed by atoms with E-state index in [0.717, 1.165) is 6.07 Å². The maximum atomic E-state index is 11.5. The second kappa shape index (κ2) is 5.37. The summed E-state index contributed by atoms with van der Waals surface area (Å²) in [4.78, 5) is 31.7. The van der Waals surface area contributed by atoms with Crippen LogP contribution in [0.5, 0.6) is 0 Å². The molecule has 1 amide bonds. The second-order valence-electron chi connectivity index (χ2n) is 2.94. The average Bonchev–Trinajstić information content (AvgIpc) is 2.74. The van der Waals surface area contributed by atoms with Gasteiger partial charge in [-0.25, -0.2) is 4.79 Å². The fourth-order valence-electron chi connectivity index (χ4n) is 0.963. The molecular formula is C8H8N2O6S. The van der Waals surface area contributed by atoms with Gasteiger partial charge in [-0.3, -0.25) is 14.9 Å². The number of hydrogen-bond donors (Lipinski definition) is 3. The fourth-order valence-corrected chi connectivity index (χ4v) is 1.69. The van der Waals surface area contributed by atoms with Crippen molar-refractivity contribution in [3.05, 3.63) is 27.1 Å². The van der Waals surface area contributed by atoms with Gasteiger partial charge in [-0.1, -0.05) is 11.3 Å². The molecule has 0 aliphatic rings. The van der Waals surface area contributed by atoms with E-state index in [-0.39, 0.29) is 9.88 Å². The van der Waals surface area contributed by atoms with Crippen molar-refractivity contribution in [2.75, 3.05) is 6.61 Å². The number of carbonyl (C=O) groups excluding carboxylic acids is 1. The van der Waals surface area contributed by atoms with Crippen LogP contribution in [0.2, 0.25) is 0 Å². The molecule has 0 bridgehead atoms. The normalized spacial score (nSPS) is 11.8. The summed E-state index contributed by atoms with van der Waals surface area (Å²) in [7, 11) is 0. The summed E-state index contributed by atoms with van der Waals surface area (Å²) in [5.74, 6) is -2.16. The molecule has 0 spiro atoms.